The minimum atomic E-state index is 0.175. The van der Waals surface area contributed by atoms with Crippen LogP contribution in [0.1, 0.15) is 5.56 Å². The third kappa shape index (κ3) is 4.86. The van der Waals surface area contributed by atoms with E-state index in [-0.39, 0.29) is 5.75 Å². The van der Waals surface area contributed by atoms with Crippen molar-refractivity contribution in [1.29, 1.82) is 0 Å². The number of hydrogen-bond donors (Lipinski definition) is 1. The number of phenols is 1. The van der Waals surface area contributed by atoms with Crippen LogP contribution < -0.4 is 14.2 Å². The van der Waals surface area contributed by atoms with Gasteiger partial charge in [0.1, 0.15) is 5.75 Å². The number of aromatic hydroxyl groups is 1. The molecule has 0 atom stereocenters. The van der Waals surface area contributed by atoms with E-state index in [1.165, 1.54) is 11.8 Å². The fraction of sp³-hybridized carbons (Fsp3) is 0.167. The standard InChI is InChI=1S/C24H22ClN3O4S/c1-30-20-12-16(13-21(31-2)22(20)32-3)23-26-27-24(28(23)18-7-9-19(29)10-8-18)33-14-15-5-4-6-17(25)11-15/h4-13,29H,14H2,1-3H3. The van der Waals surface area contributed by atoms with E-state index in [1.807, 2.05) is 53.1 Å². The van der Waals surface area contributed by atoms with Gasteiger partial charge in [0.15, 0.2) is 22.5 Å². The molecule has 0 spiro atoms. The highest BCUT2D eigenvalue weighted by Gasteiger charge is 2.21. The molecule has 4 aromatic rings. The lowest BCUT2D eigenvalue weighted by Crippen LogP contribution is -2.01. The average Bonchev–Trinajstić information content (AvgIpc) is 3.26. The highest BCUT2D eigenvalue weighted by Crippen LogP contribution is 2.42. The topological polar surface area (TPSA) is 78.6 Å². The van der Waals surface area contributed by atoms with Crippen LogP contribution in [-0.2, 0) is 5.75 Å². The number of rotatable bonds is 8. The first-order valence-electron chi connectivity index (χ1n) is 9.96. The molecule has 0 unspecified atom stereocenters. The largest absolute Gasteiger partial charge is 0.508 e. The first-order chi connectivity index (χ1) is 16.0. The molecule has 0 fully saturated rings. The smallest absolute Gasteiger partial charge is 0.203 e. The van der Waals surface area contributed by atoms with E-state index < -0.39 is 0 Å². The Labute approximate surface area is 200 Å². The van der Waals surface area contributed by atoms with Crippen molar-refractivity contribution in [2.24, 2.45) is 0 Å². The minimum Gasteiger partial charge on any atom is -0.508 e. The van der Waals surface area contributed by atoms with Gasteiger partial charge in [-0.25, -0.2) is 0 Å². The molecular formula is C24H22ClN3O4S. The maximum atomic E-state index is 9.78. The number of halogens is 1. The van der Waals surface area contributed by atoms with E-state index >= 15 is 0 Å². The molecule has 1 heterocycles. The second-order valence-electron chi connectivity index (χ2n) is 6.99. The first kappa shape index (κ1) is 22.8. The van der Waals surface area contributed by atoms with Crippen LogP contribution in [-0.4, -0.2) is 41.2 Å². The fourth-order valence-corrected chi connectivity index (χ4v) is 4.48. The van der Waals surface area contributed by atoms with Crippen LogP contribution in [0.2, 0.25) is 5.02 Å². The summed E-state index contributed by atoms with van der Waals surface area (Å²) in [5, 5.41) is 20.1. The molecule has 33 heavy (non-hydrogen) atoms. The van der Waals surface area contributed by atoms with Gasteiger partial charge in [0.05, 0.1) is 21.3 Å². The van der Waals surface area contributed by atoms with E-state index in [9.17, 15) is 5.11 Å². The molecule has 0 bridgehead atoms. The molecule has 7 nitrogen and oxygen atoms in total. The van der Waals surface area contributed by atoms with Crippen molar-refractivity contribution >= 4 is 23.4 Å². The molecule has 0 saturated carbocycles. The summed E-state index contributed by atoms with van der Waals surface area (Å²) in [6, 6.07) is 18.2. The summed E-state index contributed by atoms with van der Waals surface area (Å²) < 4.78 is 18.4. The van der Waals surface area contributed by atoms with Gasteiger partial charge in [-0.1, -0.05) is 35.5 Å². The second kappa shape index (κ2) is 10.1. The Balaban J connectivity index is 1.81. The van der Waals surface area contributed by atoms with Crippen LogP contribution in [0.3, 0.4) is 0 Å². The van der Waals surface area contributed by atoms with Crippen molar-refractivity contribution in [3.63, 3.8) is 0 Å². The lowest BCUT2D eigenvalue weighted by Gasteiger charge is -2.15. The molecule has 0 amide bonds. The van der Waals surface area contributed by atoms with Gasteiger partial charge in [0.2, 0.25) is 5.75 Å². The zero-order chi connectivity index (χ0) is 23.4. The molecule has 9 heteroatoms. The Kier molecular flexibility index (Phi) is 6.96. The molecule has 0 aliphatic rings. The van der Waals surface area contributed by atoms with Gasteiger partial charge in [-0.2, -0.15) is 0 Å². The van der Waals surface area contributed by atoms with Crippen LogP contribution in [0.25, 0.3) is 17.1 Å². The molecule has 0 radical (unpaired) electrons. The van der Waals surface area contributed by atoms with Gasteiger partial charge in [0, 0.05) is 22.0 Å². The fourth-order valence-electron chi connectivity index (χ4n) is 3.37. The van der Waals surface area contributed by atoms with Gasteiger partial charge in [-0.3, -0.25) is 4.57 Å². The molecule has 170 valence electrons. The van der Waals surface area contributed by atoms with E-state index in [0.29, 0.717) is 39.0 Å². The van der Waals surface area contributed by atoms with E-state index in [2.05, 4.69) is 10.2 Å². The van der Waals surface area contributed by atoms with Crippen molar-refractivity contribution in [3.05, 3.63) is 71.2 Å². The lowest BCUT2D eigenvalue weighted by atomic mass is 10.1. The number of benzene rings is 3. The Bertz CT molecular complexity index is 1240. The molecule has 0 saturated heterocycles. The molecule has 0 aliphatic heterocycles. The summed E-state index contributed by atoms with van der Waals surface area (Å²) in [5.74, 6) is 2.95. The number of methoxy groups -OCH3 is 3. The van der Waals surface area contributed by atoms with Crippen LogP contribution >= 0.6 is 23.4 Å². The number of hydrogen-bond acceptors (Lipinski definition) is 7. The maximum absolute atomic E-state index is 9.78. The predicted molar refractivity (Wildman–Crippen MR) is 129 cm³/mol. The molecule has 0 aliphatic carbocycles. The van der Waals surface area contributed by atoms with Crippen molar-refractivity contribution in [1.82, 2.24) is 14.8 Å². The Hall–Kier alpha value is -3.36. The second-order valence-corrected chi connectivity index (χ2v) is 8.37. The Morgan fingerprint density at radius 3 is 2.21 bits per heavy atom. The molecule has 3 aromatic carbocycles. The van der Waals surface area contributed by atoms with Crippen molar-refractivity contribution < 1.29 is 19.3 Å². The third-order valence-corrected chi connectivity index (χ3v) is 6.16. The van der Waals surface area contributed by atoms with Crippen molar-refractivity contribution in [3.8, 4) is 40.1 Å². The molecule has 1 aromatic heterocycles. The molecule has 1 N–H and O–H groups in total. The summed E-state index contributed by atoms with van der Waals surface area (Å²) in [5.41, 5.74) is 2.61. The predicted octanol–water partition coefficient (Wildman–Crippen LogP) is 5.61. The van der Waals surface area contributed by atoms with Gasteiger partial charge in [-0.15, -0.1) is 10.2 Å². The van der Waals surface area contributed by atoms with E-state index in [1.54, 1.807) is 33.5 Å². The minimum absolute atomic E-state index is 0.175. The number of phenolic OH excluding ortho intramolecular Hbond substituents is 1. The maximum Gasteiger partial charge on any atom is 0.203 e. The Morgan fingerprint density at radius 1 is 0.909 bits per heavy atom. The summed E-state index contributed by atoms with van der Waals surface area (Å²) in [4.78, 5) is 0. The summed E-state index contributed by atoms with van der Waals surface area (Å²) in [7, 11) is 4.69. The van der Waals surface area contributed by atoms with Gasteiger partial charge in [0.25, 0.3) is 0 Å². The van der Waals surface area contributed by atoms with Crippen LogP contribution in [0, 0.1) is 0 Å². The quantitative estimate of drug-likeness (QED) is 0.326. The third-order valence-electron chi connectivity index (χ3n) is 4.92. The first-order valence-corrected chi connectivity index (χ1v) is 11.3. The van der Waals surface area contributed by atoms with Crippen molar-refractivity contribution in [2.75, 3.05) is 21.3 Å². The summed E-state index contributed by atoms with van der Waals surface area (Å²) >= 11 is 7.67. The van der Waals surface area contributed by atoms with Gasteiger partial charge < -0.3 is 19.3 Å². The monoisotopic (exact) mass is 483 g/mol. The highest BCUT2D eigenvalue weighted by atomic mass is 35.5. The number of nitrogens with zero attached hydrogens (tertiary/aromatic N) is 3. The van der Waals surface area contributed by atoms with Gasteiger partial charge in [-0.05, 0) is 54.1 Å². The van der Waals surface area contributed by atoms with E-state index in [0.717, 1.165) is 16.8 Å². The van der Waals surface area contributed by atoms with Crippen LogP contribution in [0.4, 0.5) is 0 Å². The zero-order valence-electron chi connectivity index (χ0n) is 18.3. The number of thioether (sulfide) groups is 1. The highest BCUT2D eigenvalue weighted by molar-refractivity contribution is 7.98. The number of aromatic nitrogens is 3. The molecular weight excluding hydrogens is 462 g/mol. The Morgan fingerprint density at radius 2 is 1.61 bits per heavy atom. The number of ether oxygens (including phenoxy) is 3. The summed E-state index contributed by atoms with van der Waals surface area (Å²) in [6.45, 7) is 0. The molecule has 4 rings (SSSR count). The zero-order valence-corrected chi connectivity index (χ0v) is 19.9. The SMILES string of the molecule is COc1cc(-c2nnc(SCc3cccc(Cl)c3)n2-c2ccc(O)cc2)cc(OC)c1OC. The van der Waals surface area contributed by atoms with Crippen molar-refractivity contribution in [2.45, 2.75) is 10.9 Å². The normalized spacial score (nSPS) is 10.8. The lowest BCUT2D eigenvalue weighted by molar-refractivity contribution is 0.324. The van der Waals surface area contributed by atoms with E-state index in [4.69, 9.17) is 25.8 Å². The summed E-state index contributed by atoms with van der Waals surface area (Å²) in [6.07, 6.45) is 0. The van der Waals surface area contributed by atoms with Crippen LogP contribution in [0.5, 0.6) is 23.0 Å². The van der Waals surface area contributed by atoms with Gasteiger partial charge >= 0.3 is 0 Å². The average molecular weight is 484 g/mol. The van der Waals surface area contributed by atoms with Crippen LogP contribution in [0.15, 0.2) is 65.8 Å².